The van der Waals surface area contributed by atoms with E-state index in [-0.39, 0.29) is 25.4 Å². The number of ether oxygens (including phenoxy) is 4. The molecule has 1 atom stereocenters. The Kier molecular flexibility index (Phi) is 8.39. The number of carbonyl (C=O) groups is 2. The summed E-state index contributed by atoms with van der Waals surface area (Å²) < 4.78 is 21.5. The summed E-state index contributed by atoms with van der Waals surface area (Å²) in [5.74, 6) is 0.221. The number of hydrogen-bond acceptors (Lipinski definition) is 9. The third kappa shape index (κ3) is 6.44. The number of aromatic nitrogens is 2. The predicted octanol–water partition coefficient (Wildman–Crippen LogP) is 3.47. The van der Waals surface area contributed by atoms with Crippen LogP contribution in [0.1, 0.15) is 25.1 Å². The van der Waals surface area contributed by atoms with E-state index < -0.39 is 18.0 Å². The van der Waals surface area contributed by atoms with Gasteiger partial charge in [-0.3, -0.25) is 4.79 Å². The van der Waals surface area contributed by atoms with E-state index in [4.69, 9.17) is 18.9 Å². The number of aromatic hydroxyl groups is 1. The van der Waals surface area contributed by atoms with Crippen molar-refractivity contribution < 1.29 is 33.6 Å². The van der Waals surface area contributed by atoms with Crippen molar-refractivity contribution in [3.05, 3.63) is 66.0 Å². The Morgan fingerprint density at radius 1 is 1.09 bits per heavy atom. The van der Waals surface area contributed by atoms with Crippen molar-refractivity contribution in [2.45, 2.75) is 33.0 Å². The van der Waals surface area contributed by atoms with Crippen LogP contribution in [0.5, 0.6) is 17.2 Å². The van der Waals surface area contributed by atoms with Gasteiger partial charge in [-0.15, -0.1) is 0 Å². The van der Waals surface area contributed by atoms with Gasteiger partial charge >= 0.3 is 11.9 Å². The largest absolute Gasteiger partial charge is 0.508 e. The normalized spacial score (nSPS) is 11.4. The van der Waals surface area contributed by atoms with Gasteiger partial charge in [-0.2, -0.15) is 0 Å². The molecular formula is C25H26N2O7. The lowest BCUT2D eigenvalue weighted by Gasteiger charge is -2.18. The highest BCUT2D eigenvalue weighted by Gasteiger charge is 2.25. The first-order valence-electron chi connectivity index (χ1n) is 10.6. The number of methoxy groups -OCH3 is 1. The summed E-state index contributed by atoms with van der Waals surface area (Å²) in [6.45, 7) is 3.11. The zero-order valence-electron chi connectivity index (χ0n) is 19.2. The monoisotopic (exact) mass is 466 g/mol. The van der Waals surface area contributed by atoms with Gasteiger partial charge in [-0.05, 0) is 43.3 Å². The van der Waals surface area contributed by atoms with Crippen LogP contribution in [0.15, 0.2) is 54.7 Å². The van der Waals surface area contributed by atoms with Gasteiger partial charge in [0.15, 0.2) is 5.82 Å². The van der Waals surface area contributed by atoms with Gasteiger partial charge in [0.2, 0.25) is 6.10 Å². The van der Waals surface area contributed by atoms with E-state index in [1.807, 2.05) is 24.3 Å². The maximum Gasteiger partial charge on any atom is 0.347 e. The minimum Gasteiger partial charge on any atom is -0.508 e. The molecule has 1 heterocycles. The number of phenols is 1. The van der Waals surface area contributed by atoms with E-state index in [1.165, 1.54) is 19.1 Å². The molecule has 0 amide bonds. The Morgan fingerprint density at radius 3 is 2.62 bits per heavy atom. The lowest BCUT2D eigenvalue weighted by atomic mass is 10.1. The number of esters is 2. The fraction of sp³-hybridized carbons (Fsp3) is 0.280. The molecule has 0 radical (unpaired) electrons. The number of benzene rings is 2. The van der Waals surface area contributed by atoms with E-state index in [2.05, 4.69) is 9.97 Å². The zero-order valence-corrected chi connectivity index (χ0v) is 19.2. The summed E-state index contributed by atoms with van der Waals surface area (Å²) >= 11 is 0. The number of carbonyl (C=O) groups excluding carboxylic acids is 2. The zero-order chi connectivity index (χ0) is 24.5. The van der Waals surface area contributed by atoms with E-state index in [0.717, 1.165) is 5.56 Å². The second-order valence-corrected chi connectivity index (χ2v) is 7.21. The van der Waals surface area contributed by atoms with Gasteiger partial charge < -0.3 is 24.1 Å². The average molecular weight is 466 g/mol. The van der Waals surface area contributed by atoms with Crippen molar-refractivity contribution in [3.63, 3.8) is 0 Å². The fourth-order valence-corrected chi connectivity index (χ4v) is 3.26. The van der Waals surface area contributed by atoms with Gasteiger partial charge in [-0.25, -0.2) is 14.8 Å². The maximum absolute atomic E-state index is 12.3. The molecule has 3 rings (SSSR count). The molecule has 9 heteroatoms. The van der Waals surface area contributed by atoms with Gasteiger partial charge in [0.1, 0.15) is 23.9 Å². The minimum absolute atomic E-state index is 0.0201. The van der Waals surface area contributed by atoms with E-state index in [0.29, 0.717) is 28.6 Å². The van der Waals surface area contributed by atoms with Gasteiger partial charge in [0.05, 0.1) is 25.0 Å². The number of hydrogen-bond donors (Lipinski definition) is 1. The van der Waals surface area contributed by atoms with Crippen LogP contribution in [-0.4, -0.2) is 46.8 Å². The molecule has 0 aliphatic carbocycles. The summed E-state index contributed by atoms with van der Waals surface area (Å²) in [5, 5.41) is 9.96. The topological polar surface area (TPSA) is 117 Å². The highest BCUT2D eigenvalue weighted by atomic mass is 16.6. The van der Waals surface area contributed by atoms with Crippen LogP contribution in [0.2, 0.25) is 0 Å². The lowest BCUT2D eigenvalue weighted by molar-refractivity contribution is -0.166. The number of para-hydroxylation sites is 1. The predicted molar refractivity (Wildman–Crippen MR) is 122 cm³/mol. The molecule has 0 saturated carbocycles. The number of phenolic OH excluding ortho intramolecular Hbond substituents is 1. The van der Waals surface area contributed by atoms with E-state index in [1.54, 1.807) is 32.4 Å². The Morgan fingerprint density at radius 2 is 1.88 bits per heavy atom. The van der Waals surface area contributed by atoms with Crippen LogP contribution in [-0.2, 0) is 32.1 Å². The molecular weight excluding hydrogens is 440 g/mol. The molecule has 34 heavy (non-hydrogen) atoms. The van der Waals surface area contributed by atoms with E-state index >= 15 is 0 Å². The Bertz CT molecular complexity index is 1150. The Labute approximate surface area is 197 Å². The van der Waals surface area contributed by atoms with Crippen LogP contribution < -0.4 is 9.47 Å². The molecule has 1 aromatic heterocycles. The first-order valence-corrected chi connectivity index (χ1v) is 10.6. The van der Waals surface area contributed by atoms with Crippen LogP contribution in [0.3, 0.4) is 0 Å². The number of nitrogens with zero attached hydrogens (tertiary/aromatic N) is 2. The average Bonchev–Trinajstić information content (AvgIpc) is 2.83. The van der Waals surface area contributed by atoms with Gasteiger partial charge in [-0.1, -0.05) is 12.1 Å². The quantitative estimate of drug-likeness (QED) is 0.448. The summed E-state index contributed by atoms with van der Waals surface area (Å²) in [7, 11) is 1.58. The summed E-state index contributed by atoms with van der Waals surface area (Å²) in [6, 6.07) is 13.6. The van der Waals surface area contributed by atoms with Crippen LogP contribution in [0, 0.1) is 0 Å². The maximum atomic E-state index is 12.3. The summed E-state index contributed by atoms with van der Waals surface area (Å²) in [5.41, 5.74) is 1.83. The molecule has 1 N–H and O–H groups in total. The van der Waals surface area contributed by atoms with Crippen molar-refractivity contribution >= 4 is 11.9 Å². The summed E-state index contributed by atoms with van der Waals surface area (Å²) in [4.78, 5) is 32.6. The molecule has 178 valence electrons. The van der Waals surface area contributed by atoms with Gasteiger partial charge in [0, 0.05) is 25.1 Å². The highest BCUT2D eigenvalue weighted by molar-refractivity contribution is 5.79. The first-order chi connectivity index (χ1) is 16.4. The third-order valence-corrected chi connectivity index (χ3v) is 4.74. The second-order valence-electron chi connectivity index (χ2n) is 7.21. The molecule has 0 spiro atoms. The van der Waals surface area contributed by atoms with Crippen LogP contribution >= 0.6 is 0 Å². The molecule has 0 saturated heterocycles. The fourth-order valence-electron chi connectivity index (χ4n) is 3.26. The Hall–Kier alpha value is -4.14. The van der Waals surface area contributed by atoms with Crippen molar-refractivity contribution in [3.8, 4) is 28.6 Å². The third-order valence-electron chi connectivity index (χ3n) is 4.74. The molecule has 0 unspecified atom stereocenters. The van der Waals surface area contributed by atoms with Crippen LogP contribution in [0.4, 0.5) is 0 Å². The van der Waals surface area contributed by atoms with Crippen molar-refractivity contribution in [1.29, 1.82) is 0 Å². The van der Waals surface area contributed by atoms with Gasteiger partial charge in [0.25, 0.3) is 0 Å². The van der Waals surface area contributed by atoms with Crippen molar-refractivity contribution in [1.82, 2.24) is 9.97 Å². The number of rotatable bonds is 10. The van der Waals surface area contributed by atoms with Crippen LogP contribution in [0.25, 0.3) is 11.4 Å². The van der Waals surface area contributed by atoms with E-state index in [9.17, 15) is 14.7 Å². The Balaban J connectivity index is 1.80. The molecule has 0 aliphatic rings. The SMILES string of the molecule is CCOC(=O)[C@@H](Cc1cc(O)ccc1OCc1ccnc(-c2ccccc2OC)n1)OC(C)=O. The van der Waals surface area contributed by atoms with Crippen molar-refractivity contribution in [2.75, 3.05) is 13.7 Å². The molecule has 2 aromatic carbocycles. The standard InChI is InChI=1S/C25H26N2O7/c1-4-32-25(30)23(34-16(2)28)14-17-13-19(29)9-10-21(17)33-15-18-11-12-26-24(27-18)20-7-5-6-8-22(20)31-3/h5-13,23,29H,4,14-15H2,1-3H3/t23-/m1/s1. The molecule has 0 bridgehead atoms. The molecule has 9 nitrogen and oxygen atoms in total. The molecule has 0 fully saturated rings. The minimum atomic E-state index is -1.17. The second kappa shape index (κ2) is 11.6. The summed E-state index contributed by atoms with van der Waals surface area (Å²) in [6.07, 6.45) is 0.430. The van der Waals surface area contributed by atoms with Crippen molar-refractivity contribution in [2.24, 2.45) is 0 Å². The molecule has 0 aliphatic heterocycles. The lowest BCUT2D eigenvalue weighted by Crippen LogP contribution is -2.30. The first kappa shape index (κ1) is 24.5. The highest BCUT2D eigenvalue weighted by Crippen LogP contribution is 2.28. The molecule has 3 aromatic rings. The smallest absolute Gasteiger partial charge is 0.347 e.